The number of hydrogen-bond donors (Lipinski definition) is 2. The Labute approximate surface area is 121 Å². The van der Waals surface area contributed by atoms with E-state index in [9.17, 15) is 9.90 Å². The van der Waals surface area contributed by atoms with Crippen molar-refractivity contribution < 1.29 is 14.6 Å². The van der Waals surface area contributed by atoms with Crippen LogP contribution in [0.2, 0.25) is 0 Å². The molecule has 20 heavy (non-hydrogen) atoms. The number of ether oxygens (including phenoxy) is 1. The maximum Gasteiger partial charge on any atom is 0.344 e. The smallest absolute Gasteiger partial charge is 0.344 e. The van der Waals surface area contributed by atoms with Crippen molar-refractivity contribution in [3.8, 4) is 5.75 Å². The molecular weight excluding hydrogens is 254 g/mol. The van der Waals surface area contributed by atoms with Gasteiger partial charge in [0, 0.05) is 17.6 Å². The molecule has 112 valence electrons. The molecule has 1 aromatic rings. The second-order valence-electron chi connectivity index (χ2n) is 5.94. The van der Waals surface area contributed by atoms with Gasteiger partial charge in [0.15, 0.2) is 6.10 Å². The van der Waals surface area contributed by atoms with Crippen molar-refractivity contribution in [3.05, 3.63) is 29.8 Å². The summed E-state index contributed by atoms with van der Waals surface area (Å²) in [6.07, 6.45) is 0.506. The van der Waals surface area contributed by atoms with E-state index in [-0.39, 0.29) is 5.54 Å². The van der Waals surface area contributed by atoms with E-state index in [2.05, 4.69) is 26.1 Å². The van der Waals surface area contributed by atoms with Gasteiger partial charge in [0.25, 0.3) is 0 Å². The number of hydrogen-bond acceptors (Lipinski definition) is 3. The predicted octanol–water partition coefficient (Wildman–Crippen LogP) is 3.21. The summed E-state index contributed by atoms with van der Waals surface area (Å²) in [4.78, 5) is 11.2. The summed E-state index contributed by atoms with van der Waals surface area (Å²) in [5.41, 5.74) is 0.979. The van der Waals surface area contributed by atoms with E-state index in [1.807, 2.05) is 31.2 Å². The highest BCUT2D eigenvalue weighted by Crippen LogP contribution is 2.21. The molecule has 0 heterocycles. The molecule has 1 rings (SSSR count). The molecule has 4 nitrogen and oxygen atoms in total. The van der Waals surface area contributed by atoms with Gasteiger partial charge in [-0.2, -0.15) is 0 Å². The lowest BCUT2D eigenvalue weighted by Gasteiger charge is -2.22. The molecule has 4 heteroatoms. The molecule has 0 aliphatic heterocycles. The Morgan fingerprint density at radius 2 is 2.00 bits per heavy atom. The normalized spacial score (nSPS) is 13.0. The van der Waals surface area contributed by atoms with Gasteiger partial charge < -0.3 is 15.2 Å². The minimum atomic E-state index is -0.912. The lowest BCUT2D eigenvalue weighted by Crippen LogP contribution is -2.35. The van der Waals surface area contributed by atoms with Crippen molar-refractivity contribution in [2.45, 2.75) is 58.7 Å². The van der Waals surface area contributed by atoms with Gasteiger partial charge in [0.05, 0.1) is 0 Å². The number of carbonyl (C=O) groups is 1. The van der Waals surface area contributed by atoms with E-state index in [4.69, 9.17) is 4.74 Å². The topological polar surface area (TPSA) is 58.6 Å². The molecule has 0 aromatic heterocycles. The van der Waals surface area contributed by atoms with Gasteiger partial charge in [-0.15, -0.1) is 0 Å². The summed E-state index contributed by atoms with van der Waals surface area (Å²) in [7, 11) is 0. The molecule has 1 aromatic carbocycles. The SMILES string of the molecule is CCCC(Oc1ccccc1CNC(C)(C)C)C(=O)O. The van der Waals surface area contributed by atoms with Crippen LogP contribution in [0, 0.1) is 0 Å². The Hall–Kier alpha value is -1.55. The molecule has 0 aliphatic rings. The highest BCUT2D eigenvalue weighted by Gasteiger charge is 2.20. The first kappa shape index (κ1) is 16.5. The maximum absolute atomic E-state index is 11.2. The van der Waals surface area contributed by atoms with Crippen LogP contribution in [0.3, 0.4) is 0 Å². The number of aliphatic carboxylic acids is 1. The van der Waals surface area contributed by atoms with Crippen LogP contribution in [-0.4, -0.2) is 22.7 Å². The Morgan fingerprint density at radius 1 is 1.35 bits per heavy atom. The van der Waals surface area contributed by atoms with Gasteiger partial charge in [0.2, 0.25) is 0 Å². The van der Waals surface area contributed by atoms with Gasteiger partial charge in [-0.25, -0.2) is 4.79 Å². The van der Waals surface area contributed by atoms with Gasteiger partial charge in [-0.3, -0.25) is 0 Å². The van der Waals surface area contributed by atoms with Gasteiger partial charge in [0.1, 0.15) is 5.75 Å². The highest BCUT2D eigenvalue weighted by atomic mass is 16.5. The fourth-order valence-corrected chi connectivity index (χ4v) is 1.77. The van der Waals surface area contributed by atoms with E-state index in [1.54, 1.807) is 0 Å². The zero-order valence-electron chi connectivity index (χ0n) is 12.8. The molecule has 0 aliphatic carbocycles. The fourth-order valence-electron chi connectivity index (χ4n) is 1.77. The molecule has 0 bridgehead atoms. The average molecular weight is 279 g/mol. The second-order valence-corrected chi connectivity index (χ2v) is 5.94. The standard InChI is InChI=1S/C16H25NO3/c1-5-8-14(15(18)19)20-13-10-7-6-9-12(13)11-17-16(2,3)4/h6-7,9-10,14,17H,5,8,11H2,1-4H3,(H,18,19). The van der Waals surface area contributed by atoms with Crippen LogP contribution in [-0.2, 0) is 11.3 Å². The average Bonchev–Trinajstić information content (AvgIpc) is 2.36. The van der Waals surface area contributed by atoms with Crippen LogP contribution in [0.5, 0.6) is 5.75 Å². The van der Waals surface area contributed by atoms with Gasteiger partial charge in [-0.1, -0.05) is 31.5 Å². The molecule has 0 saturated heterocycles. The largest absolute Gasteiger partial charge is 0.479 e. The number of carboxylic acid groups (broad SMARTS) is 1. The molecule has 1 unspecified atom stereocenters. The van der Waals surface area contributed by atoms with Crippen LogP contribution < -0.4 is 10.1 Å². The van der Waals surface area contributed by atoms with E-state index < -0.39 is 12.1 Å². The monoisotopic (exact) mass is 279 g/mol. The van der Waals surface area contributed by atoms with Crippen molar-refractivity contribution in [1.82, 2.24) is 5.32 Å². The van der Waals surface area contributed by atoms with E-state index in [0.717, 1.165) is 12.0 Å². The minimum absolute atomic E-state index is 0.00271. The van der Waals surface area contributed by atoms with Crippen molar-refractivity contribution in [3.63, 3.8) is 0 Å². The summed E-state index contributed by atoms with van der Waals surface area (Å²) in [5.74, 6) is -0.268. The number of nitrogens with one attached hydrogen (secondary N) is 1. The summed E-state index contributed by atoms with van der Waals surface area (Å²) in [5, 5.41) is 12.6. The molecule has 0 fully saturated rings. The molecular formula is C16H25NO3. The molecule has 1 atom stereocenters. The first-order valence-corrected chi connectivity index (χ1v) is 7.06. The van der Waals surface area contributed by atoms with Gasteiger partial charge in [-0.05, 0) is 33.3 Å². The minimum Gasteiger partial charge on any atom is -0.479 e. The third-order valence-electron chi connectivity index (χ3n) is 2.88. The first-order chi connectivity index (χ1) is 9.33. The van der Waals surface area contributed by atoms with Crippen LogP contribution in [0.1, 0.15) is 46.1 Å². The van der Waals surface area contributed by atoms with E-state index in [0.29, 0.717) is 18.7 Å². The summed E-state index contributed by atoms with van der Waals surface area (Å²) in [6, 6.07) is 7.58. The molecule has 2 N–H and O–H groups in total. The zero-order valence-corrected chi connectivity index (χ0v) is 12.8. The lowest BCUT2D eigenvalue weighted by atomic mass is 10.1. The summed E-state index contributed by atoms with van der Waals surface area (Å²) in [6.45, 7) is 8.87. The van der Waals surface area contributed by atoms with Crippen LogP contribution in [0.4, 0.5) is 0 Å². The van der Waals surface area contributed by atoms with Crippen molar-refractivity contribution >= 4 is 5.97 Å². The number of benzene rings is 1. The third kappa shape index (κ3) is 5.61. The molecule has 0 saturated carbocycles. The predicted molar refractivity (Wildman–Crippen MR) is 80.0 cm³/mol. The number of para-hydroxylation sites is 1. The van der Waals surface area contributed by atoms with E-state index in [1.165, 1.54) is 0 Å². The Kier molecular flexibility index (Phi) is 6.02. The number of carboxylic acids is 1. The molecule has 0 radical (unpaired) electrons. The maximum atomic E-state index is 11.2. The fraction of sp³-hybridized carbons (Fsp3) is 0.562. The van der Waals surface area contributed by atoms with Crippen molar-refractivity contribution in [2.24, 2.45) is 0 Å². The molecule has 0 amide bonds. The lowest BCUT2D eigenvalue weighted by molar-refractivity contribution is -0.145. The Balaban J connectivity index is 2.81. The van der Waals surface area contributed by atoms with Crippen LogP contribution >= 0.6 is 0 Å². The van der Waals surface area contributed by atoms with Crippen LogP contribution in [0.25, 0.3) is 0 Å². The van der Waals surface area contributed by atoms with Crippen molar-refractivity contribution in [2.75, 3.05) is 0 Å². The second kappa shape index (κ2) is 7.29. The third-order valence-corrected chi connectivity index (χ3v) is 2.88. The number of rotatable bonds is 7. The first-order valence-electron chi connectivity index (χ1n) is 7.06. The quantitative estimate of drug-likeness (QED) is 0.804. The highest BCUT2D eigenvalue weighted by molar-refractivity contribution is 5.72. The van der Waals surface area contributed by atoms with E-state index >= 15 is 0 Å². The Bertz CT molecular complexity index is 438. The summed E-state index contributed by atoms with van der Waals surface area (Å²) < 4.78 is 5.67. The zero-order chi connectivity index (χ0) is 15.2. The van der Waals surface area contributed by atoms with Gasteiger partial charge >= 0.3 is 5.97 Å². The molecule has 0 spiro atoms. The van der Waals surface area contributed by atoms with Crippen LogP contribution in [0.15, 0.2) is 24.3 Å². The Morgan fingerprint density at radius 3 is 2.55 bits per heavy atom. The van der Waals surface area contributed by atoms with Crippen molar-refractivity contribution in [1.29, 1.82) is 0 Å². The summed E-state index contributed by atoms with van der Waals surface area (Å²) >= 11 is 0.